The Labute approximate surface area is 194 Å². The molecule has 5 heteroatoms. The number of carbonyl (C=O) groups is 1. The average Bonchev–Trinajstić information content (AvgIpc) is 3.02. The molecule has 0 unspecified atom stereocenters. The Bertz CT molecular complexity index is 1150. The maximum absolute atomic E-state index is 11.8. The molecule has 0 amide bonds. The quantitative estimate of drug-likeness (QED) is 0.461. The molecule has 3 aromatic rings. The van der Waals surface area contributed by atoms with Gasteiger partial charge >= 0.3 is 5.97 Å². The molecule has 1 heterocycles. The summed E-state index contributed by atoms with van der Waals surface area (Å²) in [6.45, 7) is 4.04. The first kappa shape index (κ1) is 22.5. The number of nitrogens with zero attached hydrogens (tertiary/aromatic N) is 1. The van der Waals surface area contributed by atoms with E-state index in [0.717, 1.165) is 45.9 Å². The van der Waals surface area contributed by atoms with Crippen LogP contribution in [0.3, 0.4) is 0 Å². The second-order valence-corrected chi connectivity index (χ2v) is 8.10. The van der Waals surface area contributed by atoms with E-state index in [4.69, 9.17) is 9.47 Å². The van der Waals surface area contributed by atoms with E-state index in [2.05, 4.69) is 30.0 Å². The minimum absolute atomic E-state index is 0.416. The topological polar surface area (TPSA) is 59.0 Å². The van der Waals surface area contributed by atoms with Gasteiger partial charge in [0.25, 0.3) is 0 Å². The predicted molar refractivity (Wildman–Crippen MR) is 132 cm³/mol. The number of benzene rings is 3. The molecule has 5 nitrogen and oxygen atoms in total. The molecule has 0 atom stereocenters. The molecular formula is C28H29NO4. The molecular weight excluding hydrogens is 414 g/mol. The van der Waals surface area contributed by atoms with Crippen molar-refractivity contribution in [3.05, 3.63) is 83.4 Å². The lowest BCUT2D eigenvalue weighted by Crippen LogP contribution is -2.24. The van der Waals surface area contributed by atoms with Crippen LogP contribution in [0.25, 0.3) is 17.2 Å². The van der Waals surface area contributed by atoms with Crippen LogP contribution in [0.1, 0.15) is 30.9 Å². The van der Waals surface area contributed by atoms with Crippen molar-refractivity contribution >= 4 is 17.7 Å². The summed E-state index contributed by atoms with van der Waals surface area (Å²) in [5.74, 6) is 0.811. The minimum Gasteiger partial charge on any atom is -0.496 e. The summed E-state index contributed by atoms with van der Waals surface area (Å²) in [6.07, 6.45) is 3.25. The maximum atomic E-state index is 11.8. The summed E-state index contributed by atoms with van der Waals surface area (Å²) >= 11 is 0. The molecule has 4 rings (SSSR count). The van der Waals surface area contributed by atoms with Gasteiger partial charge in [0.2, 0.25) is 0 Å². The zero-order chi connectivity index (χ0) is 23.2. The lowest BCUT2D eigenvalue weighted by Gasteiger charge is -2.26. The van der Waals surface area contributed by atoms with Crippen LogP contribution < -0.4 is 14.4 Å². The van der Waals surface area contributed by atoms with Crippen LogP contribution in [0.5, 0.6) is 11.5 Å². The number of para-hydroxylation sites is 1. The van der Waals surface area contributed by atoms with Crippen LogP contribution in [-0.2, 0) is 11.3 Å². The van der Waals surface area contributed by atoms with Gasteiger partial charge in [-0.25, -0.2) is 4.79 Å². The van der Waals surface area contributed by atoms with Gasteiger partial charge in [0.15, 0.2) is 0 Å². The highest BCUT2D eigenvalue weighted by Crippen LogP contribution is 2.34. The maximum Gasteiger partial charge on any atom is 0.331 e. The number of hydrogen-bond acceptors (Lipinski definition) is 4. The molecule has 1 aliphatic heterocycles. The summed E-state index contributed by atoms with van der Waals surface area (Å²) in [4.78, 5) is 14.1. The fourth-order valence-electron chi connectivity index (χ4n) is 4.11. The van der Waals surface area contributed by atoms with Crippen LogP contribution in [0.2, 0.25) is 0 Å². The normalized spacial score (nSPS) is 13.0. The zero-order valence-electron chi connectivity index (χ0n) is 19.1. The highest BCUT2D eigenvalue weighted by Gasteiger charge is 2.20. The Morgan fingerprint density at radius 2 is 1.79 bits per heavy atom. The van der Waals surface area contributed by atoms with Gasteiger partial charge in [-0.15, -0.1) is 0 Å². The lowest BCUT2D eigenvalue weighted by molar-refractivity contribution is -0.132. The first-order valence-corrected chi connectivity index (χ1v) is 11.3. The third kappa shape index (κ3) is 5.20. The first-order valence-electron chi connectivity index (χ1n) is 11.3. The van der Waals surface area contributed by atoms with Crippen molar-refractivity contribution in [3.8, 4) is 22.6 Å². The Hall–Kier alpha value is -3.73. The van der Waals surface area contributed by atoms with Crippen LogP contribution in [0.4, 0.5) is 5.69 Å². The summed E-state index contributed by atoms with van der Waals surface area (Å²) in [5, 5.41) is 9.71. The number of carboxylic acids is 1. The van der Waals surface area contributed by atoms with Gasteiger partial charge in [-0.2, -0.15) is 0 Å². The van der Waals surface area contributed by atoms with Crippen molar-refractivity contribution in [1.29, 1.82) is 0 Å². The van der Waals surface area contributed by atoms with Crippen LogP contribution >= 0.6 is 0 Å². The molecule has 0 aliphatic carbocycles. The van der Waals surface area contributed by atoms with Crippen LogP contribution in [0.15, 0.2) is 72.3 Å². The number of rotatable bonds is 8. The van der Waals surface area contributed by atoms with Gasteiger partial charge in [0, 0.05) is 29.9 Å². The summed E-state index contributed by atoms with van der Waals surface area (Å²) < 4.78 is 11.2. The van der Waals surface area contributed by atoms with Gasteiger partial charge in [0.1, 0.15) is 11.5 Å². The van der Waals surface area contributed by atoms with Gasteiger partial charge < -0.3 is 19.5 Å². The molecule has 1 N–H and O–H groups in total. The van der Waals surface area contributed by atoms with Crippen molar-refractivity contribution in [2.45, 2.75) is 26.3 Å². The number of hydrogen-bond donors (Lipinski definition) is 1. The number of methoxy groups -OCH3 is 1. The zero-order valence-corrected chi connectivity index (χ0v) is 19.1. The second-order valence-electron chi connectivity index (χ2n) is 8.10. The van der Waals surface area contributed by atoms with E-state index >= 15 is 0 Å². The van der Waals surface area contributed by atoms with E-state index in [0.29, 0.717) is 31.7 Å². The third-order valence-electron chi connectivity index (χ3n) is 5.84. The highest BCUT2D eigenvalue weighted by molar-refractivity contribution is 5.94. The molecule has 0 aromatic heterocycles. The molecule has 0 spiro atoms. The molecule has 0 saturated heterocycles. The fraction of sp³-hybridized carbons (Fsp3) is 0.250. The van der Waals surface area contributed by atoms with Crippen LogP contribution in [0, 0.1) is 0 Å². The summed E-state index contributed by atoms with van der Waals surface area (Å²) in [5.41, 5.74) is 5.51. The molecule has 170 valence electrons. The van der Waals surface area contributed by atoms with Crippen molar-refractivity contribution < 1.29 is 19.4 Å². The number of carboxylic acid groups (broad SMARTS) is 1. The average molecular weight is 444 g/mol. The predicted octanol–water partition coefficient (Wildman–Crippen LogP) is 6.03. The Kier molecular flexibility index (Phi) is 6.98. The van der Waals surface area contributed by atoms with E-state index in [-0.39, 0.29) is 0 Å². The molecule has 0 saturated carbocycles. The van der Waals surface area contributed by atoms with E-state index in [1.165, 1.54) is 0 Å². The number of fused-ring (bicyclic) bond motifs is 1. The SMILES string of the molecule is CCCOc1ccc(-c2ccc3c(c2)C=C(C(=O)O)CCN3Cc2ccccc2OC)cc1. The molecule has 0 radical (unpaired) electrons. The van der Waals surface area contributed by atoms with E-state index in [9.17, 15) is 9.90 Å². The molecule has 0 fully saturated rings. The summed E-state index contributed by atoms with van der Waals surface area (Å²) in [7, 11) is 1.67. The number of ether oxygens (including phenoxy) is 2. The van der Waals surface area contributed by atoms with Gasteiger partial charge in [-0.05, 0) is 65.9 Å². The largest absolute Gasteiger partial charge is 0.496 e. The molecule has 0 bridgehead atoms. The number of aliphatic carboxylic acids is 1. The Balaban J connectivity index is 1.68. The lowest BCUT2D eigenvalue weighted by atomic mass is 10.00. The van der Waals surface area contributed by atoms with Gasteiger partial charge in [-0.3, -0.25) is 0 Å². The first-order chi connectivity index (χ1) is 16.1. The highest BCUT2D eigenvalue weighted by atomic mass is 16.5. The van der Waals surface area contributed by atoms with Crippen LogP contribution in [-0.4, -0.2) is 31.3 Å². The Morgan fingerprint density at radius 1 is 1.03 bits per heavy atom. The van der Waals surface area contributed by atoms with E-state index in [1.807, 2.05) is 54.6 Å². The minimum atomic E-state index is -0.872. The molecule has 33 heavy (non-hydrogen) atoms. The van der Waals surface area contributed by atoms with E-state index in [1.54, 1.807) is 7.11 Å². The van der Waals surface area contributed by atoms with Crippen molar-refractivity contribution in [2.24, 2.45) is 0 Å². The smallest absolute Gasteiger partial charge is 0.331 e. The third-order valence-corrected chi connectivity index (χ3v) is 5.84. The van der Waals surface area contributed by atoms with Crippen molar-refractivity contribution in [2.75, 3.05) is 25.2 Å². The standard InChI is InChI=1S/C28H29NO4/c1-3-16-33-25-11-8-20(9-12-25)21-10-13-26-24(17-21)18-22(28(30)31)14-15-29(26)19-23-6-4-5-7-27(23)32-2/h4-13,17-18H,3,14-16,19H2,1-2H3,(H,30,31). The van der Waals surface area contributed by atoms with E-state index < -0.39 is 5.97 Å². The van der Waals surface area contributed by atoms with Gasteiger partial charge in [0.05, 0.1) is 13.7 Å². The fourth-order valence-corrected chi connectivity index (χ4v) is 4.11. The molecule has 3 aromatic carbocycles. The number of anilines is 1. The monoisotopic (exact) mass is 443 g/mol. The summed E-state index contributed by atoms with van der Waals surface area (Å²) in [6, 6.07) is 22.2. The second kappa shape index (κ2) is 10.3. The van der Waals surface area contributed by atoms with Crippen molar-refractivity contribution in [1.82, 2.24) is 0 Å². The van der Waals surface area contributed by atoms with Crippen molar-refractivity contribution in [3.63, 3.8) is 0 Å². The Morgan fingerprint density at radius 3 is 2.52 bits per heavy atom. The van der Waals surface area contributed by atoms with Gasteiger partial charge in [-0.1, -0.05) is 43.3 Å². The molecule has 1 aliphatic rings.